The van der Waals surface area contributed by atoms with Gasteiger partial charge in [0.1, 0.15) is 4.38 Å². The monoisotopic (exact) mass is 437 g/mol. The summed E-state index contributed by atoms with van der Waals surface area (Å²) in [5.74, 6) is 1.55. The highest BCUT2D eigenvalue weighted by Gasteiger charge is 2.16. The maximum Gasteiger partial charge on any atom is 0.264 e. The minimum atomic E-state index is -3.81. The second-order valence-electron chi connectivity index (χ2n) is 5.79. The molecule has 3 rings (SSSR count). The SMILES string of the molecule is Cc1ccnc(NS(=O)(=O)c2ccc(NC(=O)CCSC3=NCCS3)cc2)n1. The molecule has 0 unspecified atom stereocenters. The number of anilines is 2. The van der Waals surface area contributed by atoms with Crippen molar-refractivity contribution in [2.24, 2.45) is 4.99 Å². The van der Waals surface area contributed by atoms with Crippen LogP contribution in [0, 0.1) is 6.92 Å². The van der Waals surface area contributed by atoms with Crippen molar-refractivity contribution in [1.29, 1.82) is 0 Å². The fourth-order valence-electron chi connectivity index (χ4n) is 2.25. The fraction of sp³-hybridized carbons (Fsp3) is 0.294. The normalized spacial score (nSPS) is 13.8. The third kappa shape index (κ3) is 5.94. The van der Waals surface area contributed by atoms with E-state index in [0.29, 0.717) is 23.6 Å². The van der Waals surface area contributed by atoms with Crippen LogP contribution >= 0.6 is 23.5 Å². The lowest BCUT2D eigenvalue weighted by Crippen LogP contribution is -2.16. The Labute approximate surface area is 172 Å². The Morgan fingerprint density at radius 2 is 2.04 bits per heavy atom. The summed E-state index contributed by atoms with van der Waals surface area (Å²) in [6, 6.07) is 7.62. The number of aliphatic imine (C=N–C) groups is 1. The number of amides is 1. The van der Waals surface area contributed by atoms with Crippen molar-refractivity contribution in [1.82, 2.24) is 9.97 Å². The van der Waals surface area contributed by atoms with Crippen LogP contribution in [0.15, 0.2) is 46.4 Å². The quantitative estimate of drug-likeness (QED) is 0.685. The van der Waals surface area contributed by atoms with Gasteiger partial charge in [-0.15, -0.1) is 0 Å². The predicted octanol–water partition coefficient (Wildman–Crippen LogP) is 2.75. The fourth-order valence-corrected chi connectivity index (χ4v) is 5.22. The minimum absolute atomic E-state index is 0.0138. The van der Waals surface area contributed by atoms with Crippen molar-refractivity contribution in [2.75, 3.05) is 28.1 Å². The number of thioether (sulfide) groups is 2. The number of nitrogens with zero attached hydrogens (tertiary/aromatic N) is 3. The molecular formula is C17H19N5O3S3. The first kappa shape index (κ1) is 20.6. The van der Waals surface area contributed by atoms with Crippen LogP contribution in [-0.4, -0.2) is 46.7 Å². The number of carbonyl (C=O) groups excluding carboxylic acids is 1. The van der Waals surface area contributed by atoms with Gasteiger partial charge in [0.2, 0.25) is 11.9 Å². The van der Waals surface area contributed by atoms with Gasteiger partial charge in [-0.3, -0.25) is 9.79 Å². The Hall–Kier alpha value is -2.11. The molecule has 1 aliphatic rings. The molecule has 2 aromatic rings. The van der Waals surface area contributed by atoms with Crippen LogP contribution in [0.1, 0.15) is 12.1 Å². The molecule has 8 nitrogen and oxygen atoms in total. The standard InChI is InChI=1S/C17H19N5O3S3/c1-12-6-8-18-16(20-12)22-28(24,25)14-4-2-13(3-5-14)21-15(23)7-10-26-17-19-9-11-27-17/h2-6,8H,7,9-11H2,1H3,(H,21,23)(H,18,20,22). The van der Waals surface area contributed by atoms with E-state index in [4.69, 9.17) is 0 Å². The van der Waals surface area contributed by atoms with Crippen LogP contribution in [-0.2, 0) is 14.8 Å². The number of rotatable bonds is 7. The summed E-state index contributed by atoms with van der Waals surface area (Å²) >= 11 is 3.30. The Morgan fingerprint density at radius 1 is 1.25 bits per heavy atom. The smallest absolute Gasteiger partial charge is 0.264 e. The van der Waals surface area contributed by atoms with Crippen molar-refractivity contribution in [3.8, 4) is 0 Å². The Balaban J connectivity index is 1.54. The van der Waals surface area contributed by atoms with E-state index in [1.807, 2.05) is 0 Å². The minimum Gasteiger partial charge on any atom is -0.326 e. The van der Waals surface area contributed by atoms with Crippen LogP contribution in [0.2, 0.25) is 0 Å². The van der Waals surface area contributed by atoms with Gasteiger partial charge in [0.15, 0.2) is 0 Å². The van der Waals surface area contributed by atoms with Crippen molar-refractivity contribution < 1.29 is 13.2 Å². The van der Waals surface area contributed by atoms with Crippen LogP contribution < -0.4 is 10.0 Å². The highest BCUT2D eigenvalue weighted by molar-refractivity contribution is 8.39. The maximum absolute atomic E-state index is 12.4. The molecule has 148 valence electrons. The summed E-state index contributed by atoms with van der Waals surface area (Å²) in [7, 11) is -3.81. The average molecular weight is 438 g/mol. The Morgan fingerprint density at radius 3 is 2.71 bits per heavy atom. The van der Waals surface area contributed by atoms with Gasteiger partial charge in [0.05, 0.1) is 11.4 Å². The lowest BCUT2D eigenvalue weighted by atomic mass is 10.3. The van der Waals surface area contributed by atoms with Gasteiger partial charge in [-0.1, -0.05) is 23.5 Å². The highest BCUT2D eigenvalue weighted by atomic mass is 32.2. The zero-order chi connectivity index (χ0) is 20.0. The first-order valence-electron chi connectivity index (χ1n) is 8.45. The average Bonchev–Trinajstić information content (AvgIpc) is 3.15. The number of aryl methyl sites for hydroxylation is 1. The van der Waals surface area contributed by atoms with E-state index in [1.165, 1.54) is 18.3 Å². The van der Waals surface area contributed by atoms with Gasteiger partial charge >= 0.3 is 0 Å². The van der Waals surface area contributed by atoms with Gasteiger partial charge in [-0.25, -0.2) is 23.1 Å². The lowest BCUT2D eigenvalue weighted by molar-refractivity contribution is -0.115. The van der Waals surface area contributed by atoms with Gasteiger partial charge < -0.3 is 5.32 Å². The summed E-state index contributed by atoms with van der Waals surface area (Å²) in [5.41, 5.74) is 1.19. The third-order valence-electron chi connectivity index (χ3n) is 3.58. The molecule has 1 aromatic heterocycles. The molecule has 2 N–H and O–H groups in total. The largest absolute Gasteiger partial charge is 0.326 e. The number of sulfonamides is 1. The first-order valence-corrected chi connectivity index (χ1v) is 11.9. The highest BCUT2D eigenvalue weighted by Crippen LogP contribution is 2.23. The zero-order valence-electron chi connectivity index (χ0n) is 15.1. The molecule has 28 heavy (non-hydrogen) atoms. The van der Waals surface area contributed by atoms with E-state index in [2.05, 4.69) is 25.0 Å². The van der Waals surface area contributed by atoms with Crippen LogP contribution in [0.25, 0.3) is 0 Å². The summed E-state index contributed by atoms with van der Waals surface area (Å²) < 4.78 is 28.2. The molecule has 11 heteroatoms. The Kier molecular flexibility index (Phi) is 6.92. The zero-order valence-corrected chi connectivity index (χ0v) is 17.5. The van der Waals surface area contributed by atoms with Crippen LogP contribution in [0.3, 0.4) is 0 Å². The molecule has 0 aliphatic carbocycles. The van der Waals surface area contributed by atoms with E-state index in [-0.39, 0.29) is 16.8 Å². The molecule has 1 amide bonds. The molecule has 0 saturated carbocycles. The van der Waals surface area contributed by atoms with Gasteiger partial charge in [0.25, 0.3) is 10.0 Å². The van der Waals surface area contributed by atoms with Crippen LogP contribution in [0.4, 0.5) is 11.6 Å². The molecule has 2 heterocycles. The Bertz CT molecular complexity index is 978. The summed E-state index contributed by atoms with van der Waals surface area (Å²) in [6.07, 6.45) is 1.84. The molecule has 0 bridgehead atoms. The van der Waals surface area contributed by atoms with E-state index in [0.717, 1.165) is 16.7 Å². The number of nitrogens with one attached hydrogen (secondary N) is 2. The van der Waals surface area contributed by atoms with E-state index < -0.39 is 10.0 Å². The van der Waals surface area contributed by atoms with E-state index >= 15 is 0 Å². The van der Waals surface area contributed by atoms with Crippen molar-refractivity contribution in [3.05, 3.63) is 42.2 Å². The lowest BCUT2D eigenvalue weighted by Gasteiger charge is -2.09. The molecule has 0 saturated heterocycles. The predicted molar refractivity (Wildman–Crippen MR) is 114 cm³/mol. The first-order chi connectivity index (χ1) is 13.4. The summed E-state index contributed by atoms with van der Waals surface area (Å²) in [5, 5.41) is 2.76. The second-order valence-corrected chi connectivity index (χ2v) is 9.90. The van der Waals surface area contributed by atoms with Crippen molar-refractivity contribution in [3.63, 3.8) is 0 Å². The summed E-state index contributed by atoms with van der Waals surface area (Å²) in [6.45, 7) is 2.59. The molecular weight excluding hydrogens is 418 g/mol. The van der Waals surface area contributed by atoms with Crippen LogP contribution in [0.5, 0.6) is 0 Å². The second kappa shape index (κ2) is 9.39. The van der Waals surface area contributed by atoms with E-state index in [9.17, 15) is 13.2 Å². The number of hydrogen-bond acceptors (Lipinski definition) is 8. The molecule has 0 spiro atoms. The summed E-state index contributed by atoms with van der Waals surface area (Å²) in [4.78, 5) is 24.3. The van der Waals surface area contributed by atoms with Gasteiger partial charge in [-0.05, 0) is 37.3 Å². The number of hydrogen-bond donors (Lipinski definition) is 2. The molecule has 0 fully saturated rings. The topological polar surface area (TPSA) is 113 Å². The molecule has 0 radical (unpaired) electrons. The van der Waals surface area contributed by atoms with Crippen molar-refractivity contribution in [2.45, 2.75) is 18.2 Å². The molecule has 1 aromatic carbocycles. The molecule has 0 atom stereocenters. The van der Waals surface area contributed by atoms with Gasteiger partial charge in [-0.2, -0.15) is 0 Å². The number of carbonyl (C=O) groups is 1. The van der Waals surface area contributed by atoms with Crippen molar-refractivity contribution >= 4 is 55.5 Å². The third-order valence-corrected chi connectivity index (χ3v) is 7.18. The molecule has 1 aliphatic heterocycles. The van der Waals surface area contributed by atoms with Gasteiger partial charge in [0, 0.05) is 35.5 Å². The van der Waals surface area contributed by atoms with E-state index in [1.54, 1.807) is 48.6 Å². The number of benzene rings is 1. The maximum atomic E-state index is 12.4. The number of aromatic nitrogens is 2.